The van der Waals surface area contributed by atoms with Crippen LogP contribution in [0.4, 0.5) is 9.18 Å². The second-order valence-corrected chi connectivity index (χ2v) is 15.9. The molecule has 6 rings (SSSR count). The van der Waals surface area contributed by atoms with E-state index in [0.717, 1.165) is 49.7 Å². The summed E-state index contributed by atoms with van der Waals surface area (Å²) >= 11 is 6.01. The van der Waals surface area contributed by atoms with Gasteiger partial charge in [0.05, 0.1) is 30.7 Å². The van der Waals surface area contributed by atoms with Crippen molar-refractivity contribution in [1.82, 2.24) is 4.90 Å². The number of aliphatic hydroxyl groups excluding tert-OH is 2. The minimum Gasteiger partial charge on any atom is -0.489 e. The maximum Gasteiger partial charge on any atom is 0.410 e. The van der Waals surface area contributed by atoms with E-state index in [0.29, 0.717) is 61.6 Å². The molecule has 2 aromatic carbocycles. The first kappa shape index (κ1) is 43.9. The highest BCUT2D eigenvalue weighted by molar-refractivity contribution is 6.18. The van der Waals surface area contributed by atoms with Crippen molar-refractivity contribution in [1.29, 1.82) is 0 Å². The SMILES string of the molecule is C=CCO[C@@]12Oc3ccc(OCc4ccccc4F)cc3[C@H]3[C@H](CCCCO)[C@@H](CCCCO)C=C(C(=NOC4CCCCO4)C[C@@H]1N(CCC)C(=O)OCCCl)[C@H]32. The van der Waals surface area contributed by atoms with Gasteiger partial charge in [0.1, 0.15) is 36.6 Å². The Kier molecular flexibility index (Phi) is 16.3. The highest BCUT2D eigenvalue weighted by Gasteiger charge is 2.65. The molecule has 0 bridgehead atoms. The van der Waals surface area contributed by atoms with Gasteiger partial charge in [-0.3, -0.25) is 4.90 Å². The predicted octanol–water partition coefficient (Wildman–Crippen LogP) is 8.65. The van der Waals surface area contributed by atoms with E-state index < -0.39 is 30.1 Å². The Morgan fingerprint density at radius 3 is 2.66 bits per heavy atom. The number of carbonyl (C=O) groups excluding carboxylic acids is 1. The third-order valence-electron chi connectivity index (χ3n) is 11.8. The van der Waals surface area contributed by atoms with Gasteiger partial charge in [-0.25, -0.2) is 9.18 Å². The van der Waals surface area contributed by atoms with Crippen LogP contribution < -0.4 is 9.47 Å². The summed E-state index contributed by atoms with van der Waals surface area (Å²) in [5.41, 5.74) is 2.95. The number of oxime groups is 1. The van der Waals surface area contributed by atoms with Gasteiger partial charge in [-0.2, -0.15) is 0 Å². The molecule has 318 valence electrons. The number of amides is 1. The number of hydrogen-bond acceptors (Lipinski definition) is 10. The predicted molar refractivity (Wildman–Crippen MR) is 219 cm³/mol. The Balaban J connectivity index is 1.55. The van der Waals surface area contributed by atoms with Crippen molar-refractivity contribution < 1.29 is 47.9 Å². The van der Waals surface area contributed by atoms with E-state index in [9.17, 15) is 19.4 Å². The number of hydrogen-bond donors (Lipinski definition) is 2. The van der Waals surface area contributed by atoms with E-state index in [-0.39, 0.29) is 68.9 Å². The molecule has 58 heavy (non-hydrogen) atoms. The number of ether oxygens (including phenoxy) is 5. The molecule has 2 fully saturated rings. The van der Waals surface area contributed by atoms with Gasteiger partial charge in [-0.05, 0) is 86.6 Å². The summed E-state index contributed by atoms with van der Waals surface area (Å²) in [6, 6.07) is 11.5. The van der Waals surface area contributed by atoms with Crippen LogP contribution in [0, 0.1) is 23.6 Å². The maximum atomic E-state index is 14.7. The fraction of sp³-hybridized carbons (Fsp3) is 0.600. The first-order chi connectivity index (χ1) is 28.4. The third kappa shape index (κ3) is 10.0. The number of aliphatic hydroxyl groups is 2. The molecule has 2 N–H and O–H groups in total. The van der Waals surface area contributed by atoms with Crippen molar-refractivity contribution in [2.24, 2.45) is 22.9 Å². The lowest BCUT2D eigenvalue weighted by Crippen LogP contribution is -2.70. The minimum atomic E-state index is -1.42. The average Bonchev–Trinajstić information content (AvgIpc) is 3.24. The second-order valence-electron chi connectivity index (χ2n) is 15.6. The summed E-state index contributed by atoms with van der Waals surface area (Å²) in [6.07, 6.45) is 11.0. The van der Waals surface area contributed by atoms with Crippen LogP contribution in [0.1, 0.15) is 94.6 Å². The highest BCUT2D eigenvalue weighted by atomic mass is 35.5. The Morgan fingerprint density at radius 2 is 1.93 bits per heavy atom. The van der Waals surface area contributed by atoms with Gasteiger partial charge in [0, 0.05) is 49.6 Å². The van der Waals surface area contributed by atoms with Crippen LogP contribution in [0.3, 0.4) is 0 Å². The number of carbonyl (C=O) groups is 1. The molecule has 2 aliphatic carbocycles. The number of unbranched alkanes of at least 4 members (excludes halogenated alkanes) is 2. The molecule has 0 radical (unpaired) electrons. The van der Waals surface area contributed by atoms with Crippen molar-refractivity contribution in [2.75, 3.05) is 45.5 Å². The molecule has 4 aliphatic rings. The molecule has 1 unspecified atom stereocenters. The number of fused-ring (bicyclic) bond motifs is 2. The molecular formula is C45H60ClFN2O9. The lowest BCUT2D eigenvalue weighted by atomic mass is 9.55. The molecule has 0 spiro atoms. The average molecular weight is 827 g/mol. The van der Waals surface area contributed by atoms with Gasteiger partial charge in [0.25, 0.3) is 0 Å². The number of rotatable bonds is 21. The van der Waals surface area contributed by atoms with Crippen LogP contribution in [0.2, 0.25) is 0 Å². The van der Waals surface area contributed by atoms with Crippen LogP contribution in [-0.2, 0) is 25.7 Å². The van der Waals surface area contributed by atoms with Crippen LogP contribution in [0.15, 0.2) is 71.9 Å². The van der Waals surface area contributed by atoms with E-state index in [4.69, 9.17) is 45.3 Å². The molecule has 2 aliphatic heterocycles. The number of halogens is 2. The van der Waals surface area contributed by atoms with Gasteiger partial charge in [-0.1, -0.05) is 55.3 Å². The third-order valence-corrected chi connectivity index (χ3v) is 11.9. The van der Waals surface area contributed by atoms with Crippen LogP contribution >= 0.6 is 11.6 Å². The van der Waals surface area contributed by atoms with E-state index in [1.807, 2.05) is 25.1 Å². The Bertz CT molecular complexity index is 1720. The van der Waals surface area contributed by atoms with Gasteiger partial charge >= 0.3 is 6.09 Å². The van der Waals surface area contributed by atoms with Crippen LogP contribution in [-0.4, -0.2) is 90.5 Å². The van der Waals surface area contributed by atoms with Crippen LogP contribution in [0.5, 0.6) is 11.5 Å². The number of allylic oxidation sites excluding steroid dienone is 1. The molecule has 2 heterocycles. The van der Waals surface area contributed by atoms with E-state index in [1.165, 1.54) is 6.07 Å². The van der Waals surface area contributed by atoms with E-state index in [1.54, 1.807) is 29.2 Å². The minimum absolute atomic E-state index is 0.0283. The van der Waals surface area contributed by atoms with Crippen molar-refractivity contribution in [2.45, 2.75) is 108 Å². The summed E-state index contributed by atoms with van der Waals surface area (Å²) in [5.74, 6) is -1.13. The zero-order chi connectivity index (χ0) is 40.9. The van der Waals surface area contributed by atoms with Crippen molar-refractivity contribution in [3.05, 3.63) is 83.7 Å². The largest absolute Gasteiger partial charge is 0.489 e. The van der Waals surface area contributed by atoms with Crippen molar-refractivity contribution in [3.8, 4) is 11.5 Å². The molecule has 1 amide bonds. The molecule has 1 saturated heterocycles. The molecule has 2 aromatic rings. The van der Waals surface area contributed by atoms with Gasteiger partial charge in [0.15, 0.2) is 0 Å². The molecule has 1 saturated carbocycles. The van der Waals surface area contributed by atoms with Gasteiger partial charge in [0.2, 0.25) is 12.1 Å². The first-order valence-electron chi connectivity index (χ1n) is 21.1. The maximum absolute atomic E-state index is 14.7. The molecule has 7 atom stereocenters. The summed E-state index contributed by atoms with van der Waals surface area (Å²) in [4.78, 5) is 22.0. The lowest BCUT2D eigenvalue weighted by Gasteiger charge is -2.60. The quantitative estimate of drug-likeness (QED) is 0.0550. The van der Waals surface area contributed by atoms with Crippen molar-refractivity contribution >= 4 is 23.4 Å². The Labute approximate surface area is 347 Å². The summed E-state index contributed by atoms with van der Waals surface area (Å²) in [7, 11) is 0. The Morgan fingerprint density at radius 1 is 1.12 bits per heavy atom. The topological polar surface area (TPSA) is 129 Å². The molecule has 11 nitrogen and oxygen atoms in total. The standard InChI is InChI=1S/C45H60ClFN2O9/c1-3-21-49(44(52)54-26-20-46)40-29-38(48-58-41-17-9-12-25-53-41)35-27-31(13-7-10-22-50)34(15-8-11-23-51)42-36-28-33(55-30-32-14-5-6-16-37(32)47)18-19-39(36)57-45(40,43(35)42)56-24-4-2/h4-6,14,16,18-19,27-28,31,34,40-43,50-51H,2-3,7-13,15,17,20-26,29-30H2,1H3/t31-,34+,40-,41?,42+,43+,45+/m0/s1. The lowest BCUT2D eigenvalue weighted by molar-refractivity contribution is -0.255. The normalized spacial score (nSPS) is 26.8. The number of nitrogens with zero attached hydrogens (tertiary/aromatic N) is 2. The van der Waals surface area contributed by atoms with Crippen molar-refractivity contribution in [3.63, 3.8) is 0 Å². The fourth-order valence-corrected chi connectivity index (χ4v) is 9.33. The summed E-state index contributed by atoms with van der Waals surface area (Å²) < 4.78 is 46.9. The zero-order valence-corrected chi connectivity index (χ0v) is 34.5. The second kappa shape index (κ2) is 21.5. The fourth-order valence-electron chi connectivity index (χ4n) is 9.26. The molecular weight excluding hydrogens is 767 g/mol. The highest BCUT2D eigenvalue weighted by Crippen LogP contribution is 2.62. The van der Waals surface area contributed by atoms with E-state index in [2.05, 4.69) is 12.7 Å². The first-order valence-corrected chi connectivity index (χ1v) is 21.6. The Hall–Kier alpha value is -3.68. The van der Waals surface area contributed by atoms with Gasteiger partial charge < -0.3 is 38.7 Å². The number of alkyl halides is 1. The van der Waals surface area contributed by atoms with E-state index >= 15 is 0 Å². The monoisotopic (exact) mass is 826 g/mol. The summed E-state index contributed by atoms with van der Waals surface area (Å²) in [6.45, 7) is 7.33. The zero-order valence-electron chi connectivity index (χ0n) is 33.7. The molecule has 0 aromatic heterocycles. The molecule has 13 heteroatoms. The van der Waals surface area contributed by atoms with Gasteiger partial charge in [-0.15, -0.1) is 18.2 Å². The smallest absolute Gasteiger partial charge is 0.410 e. The van der Waals surface area contributed by atoms with Crippen LogP contribution in [0.25, 0.3) is 0 Å². The number of benzene rings is 2. The summed E-state index contributed by atoms with van der Waals surface area (Å²) in [5, 5.41) is 24.6.